The molecule has 0 fully saturated rings. The maximum absolute atomic E-state index is 12.7. The number of carbonyl (C=O) groups excluding carboxylic acids is 1. The van der Waals surface area contributed by atoms with Crippen LogP contribution in [0.1, 0.15) is 38.2 Å². The van der Waals surface area contributed by atoms with Crippen LogP contribution in [0.15, 0.2) is 66.7 Å². The molecule has 6 nitrogen and oxygen atoms in total. The number of amides is 1. The van der Waals surface area contributed by atoms with Crippen molar-refractivity contribution in [3.05, 3.63) is 82.9 Å². The van der Waals surface area contributed by atoms with Gasteiger partial charge < -0.3 is 20.5 Å². The highest BCUT2D eigenvalue weighted by Crippen LogP contribution is 2.27. The molecule has 4 aromatic rings. The second-order valence-corrected chi connectivity index (χ2v) is 7.99. The number of hydrogen-bond donors (Lipinski definition) is 4. The average molecular weight is 420 g/mol. The molecule has 0 spiro atoms. The molecule has 0 saturated heterocycles. The lowest BCUT2D eigenvalue weighted by atomic mass is 9.99. The lowest BCUT2D eigenvalue weighted by Crippen LogP contribution is -2.29. The number of carbonyl (C=O) groups is 2. The summed E-state index contributed by atoms with van der Waals surface area (Å²) in [6.45, 7) is -0.0623. The first-order chi connectivity index (χ1) is 14.5. The summed E-state index contributed by atoms with van der Waals surface area (Å²) in [4.78, 5) is 27.0. The zero-order valence-corrected chi connectivity index (χ0v) is 16.8. The first kappa shape index (κ1) is 19.9. The highest BCUT2D eigenvalue weighted by atomic mass is 32.1. The van der Waals surface area contributed by atoms with Gasteiger partial charge in [0.05, 0.1) is 16.3 Å². The Morgan fingerprint density at radius 3 is 2.33 bits per heavy atom. The molecule has 7 heteroatoms. The molecule has 0 aliphatic heterocycles. The molecule has 2 aromatic carbocycles. The fourth-order valence-electron chi connectivity index (χ4n) is 3.38. The van der Waals surface area contributed by atoms with Crippen molar-refractivity contribution in [3.63, 3.8) is 0 Å². The van der Waals surface area contributed by atoms with Gasteiger partial charge in [-0.1, -0.05) is 54.6 Å². The minimum Gasteiger partial charge on any atom is -0.477 e. The SMILES string of the molecule is O=C(N[C@@H](CCO)c1ccc(-c2ccccc2)cc1)c1cc2sc(C(=O)O)cc2[nH]1. The van der Waals surface area contributed by atoms with Crippen LogP contribution in [0.3, 0.4) is 0 Å². The van der Waals surface area contributed by atoms with Crippen molar-refractivity contribution in [2.45, 2.75) is 12.5 Å². The summed E-state index contributed by atoms with van der Waals surface area (Å²) in [5, 5.41) is 21.5. The van der Waals surface area contributed by atoms with Crippen LogP contribution in [-0.4, -0.2) is 33.7 Å². The minimum atomic E-state index is -0.988. The van der Waals surface area contributed by atoms with E-state index in [1.54, 1.807) is 6.07 Å². The van der Waals surface area contributed by atoms with Gasteiger partial charge in [0, 0.05) is 6.61 Å². The molecule has 1 atom stereocenters. The zero-order valence-electron chi connectivity index (χ0n) is 16.0. The number of aliphatic hydroxyl groups excluding tert-OH is 1. The Hall–Kier alpha value is -3.42. The molecule has 0 saturated carbocycles. The van der Waals surface area contributed by atoms with Crippen molar-refractivity contribution < 1.29 is 19.8 Å². The summed E-state index contributed by atoms with van der Waals surface area (Å²) in [6.07, 6.45) is 0.384. The molecular weight excluding hydrogens is 400 g/mol. The van der Waals surface area contributed by atoms with Crippen LogP contribution in [0, 0.1) is 0 Å². The van der Waals surface area contributed by atoms with Crippen LogP contribution in [0.2, 0.25) is 0 Å². The van der Waals surface area contributed by atoms with Crippen molar-refractivity contribution in [3.8, 4) is 11.1 Å². The van der Waals surface area contributed by atoms with Crippen molar-refractivity contribution in [1.82, 2.24) is 10.3 Å². The molecule has 152 valence electrons. The van der Waals surface area contributed by atoms with E-state index in [9.17, 15) is 14.7 Å². The molecule has 0 unspecified atom stereocenters. The summed E-state index contributed by atoms with van der Waals surface area (Å²) < 4.78 is 0.712. The third-order valence-electron chi connectivity index (χ3n) is 4.90. The fraction of sp³-hybridized carbons (Fsp3) is 0.130. The van der Waals surface area contributed by atoms with Gasteiger partial charge in [-0.2, -0.15) is 0 Å². The standard InChI is InChI=1S/C23H20N2O4S/c26-11-10-17(16-8-6-15(7-9-16)14-4-2-1-3-5-14)25-22(27)19-13-20-18(24-19)12-21(30-20)23(28)29/h1-9,12-13,17,24,26H,10-11H2,(H,25,27)(H,28,29)/t17-/m0/s1. The summed E-state index contributed by atoms with van der Waals surface area (Å²) in [5.41, 5.74) is 4.07. The molecule has 4 N–H and O–H groups in total. The summed E-state index contributed by atoms with van der Waals surface area (Å²) >= 11 is 1.12. The van der Waals surface area contributed by atoms with Gasteiger partial charge in [-0.25, -0.2) is 4.79 Å². The van der Waals surface area contributed by atoms with Crippen LogP contribution < -0.4 is 5.32 Å². The van der Waals surface area contributed by atoms with Gasteiger partial charge in [-0.3, -0.25) is 4.79 Å². The van der Waals surface area contributed by atoms with Crippen LogP contribution >= 0.6 is 11.3 Å². The first-order valence-corrected chi connectivity index (χ1v) is 10.3. The number of H-pyrrole nitrogens is 1. The third kappa shape index (κ3) is 4.12. The third-order valence-corrected chi connectivity index (χ3v) is 5.97. The number of benzene rings is 2. The highest BCUT2D eigenvalue weighted by molar-refractivity contribution is 7.20. The topological polar surface area (TPSA) is 102 Å². The second kappa shape index (κ2) is 8.52. The lowest BCUT2D eigenvalue weighted by molar-refractivity contribution is 0.0702. The lowest BCUT2D eigenvalue weighted by Gasteiger charge is -2.18. The fourth-order valence-corrected chi connectivity index (χ4v) is 4.27. The normalized spacial score (nSPS) is 12.0. The van der Waals surface area contributed by atoms with Crippen LogP contribution in [0.5, 0.6) is 0 Å². The molecule has 2 heterocycles. The van der Waals surface area contributed by atoms with Crippen molar-refractivity contribution in [1.29, 1.82) is 0 Å². The molecule has 4 rings (SSSR count). The Bertz CT molecular complexity index is 1150. The number of thiophene rings is 1. The van der Waals surface area contributed by atoms with E-state index < -0.39 is 5.97 Å². The van der Waals surface area contributed by atoms with Crippen LogP contribution in [-0.2, 0) is 0 Å². The molecule has 0 radical (unpaired) electrons. The molecule has 1 amide bonds. The van der Waals surface area contributed by atoms with Gasteiger partial charge in [-0.15, -0.1) is 11.3 Å². The Kier molecular flexibility index (Phi) is 5.65. The van der Waals surface area contributed by atoms with Crippen molar-refractivity contribution in [2.75, 3.05) is 6.61 Å². The van der Waals surface area contributed by atoms with Crippen molar-refractivity contribution in [2.24, 2.45) is 0 Å². The number of carboxylic acid groups (broad SMARTS) is 1. The molecule has 30 heavy (non-hydrogen) atoms. The highest BCUT2D eigenvalue weighted by Gasteiger charge is 2.19. The summed E-state index contributed by atoms with van der Waals surface area (Å²) in [6, 6.07) is 20.7. The molecule has 2 aromatic heterocycles. The number of nitrogens with one attached hydrogen (secondary N) is 2. The minimum absolute atomic E-state index is 0.0623. The van der Waals surface area contributed by atoms with E-state index in [0.29, 0.717) is 22.3 Å². The first-order valence-electron chi connectivity index (χ1n) is 9.48. The largest absolute Gasteiger partial charge is 0.477 e. The summed E-state index contributed by atoms with van der Waals surface area (Å²) in [5.74, 6) is -1.29. The van der Waals surface area contributed by atoms with Crippen molar-refractivity contribution >= 4 is 33.4 Å². The maximum atomic E-state index is 12.7. The monoisotopic (exact) mass is 420 g/mol. The van der Waals surface area contributed by atoms with Gasteiger partial charge in [0.1, 0.15) is 10.6 Å². The number of hydrogen-bond acceptors (Lipinski definition) is 4. The van der Waals surface area contributed by atoms with E-state index in [1.807, 2.05) is 54.6 Å². The number of carboxylic acids is 1. The molecular formula is C23H20N2O4S. The number of aromatic amines is 1. The average Bonchev–Trinajstić information content (AvgIpc) is 3.34. The Morgan fingerprint density at radius 1 is 1.00 bits per heavy atom. The smallest absolute Gasteiger partial charge is 0.345 e. The quantitative estimate of drug-likeness (QED) is 0.355. The number of fused-ring (bicyclic) bond motifs is 1. The summed E-state index contributed by atoms with van der Waals surface area (Å²) in [7, 11) is 0. The van der Waals surface area contributed by atoms with E-state index in [-0.39, 0.29) is 23.4 Å². The number of aliphatic hydroxyl groups is 1. The van der Waals surface area contributed by atoms with E-state index in [0.717, 1.165) is 28.0 Å². The van der Waals surface area contributed by atoms with Gasteiger partial charge in [0.15, 0.2) is 0 Å². The predicted molar refractivity (Wildman–Crippen MR) is 117 cm³/mol. The Balaban J connectivity index is 1.52. The van der Waals surface area contributed by atoms with Crippen LogP contribution in [0.25, 0.3) is 21.3 Å². The maximum Gasteiger partial charge on any atom is 0.345 e. The van der Waals surface area contributed by atoms with E-state index in [2.05, 4.69) is 10.3 Å². The number of rotatable bonds is 7. The van der Waals surface area contributed by atoms with Gasteiger partial charge in [0.2, 0.25) is 0 Å². The predicted octanol–water partition coefficient (Wildman–Crippen LogP) is 4.45. The van der Waals surface area contributed by atoms with Gasteiger partial charge in [0.25, 0.3) is 5.91 Å². The zero-order chi connectivity index (χ0) is 21.1. The Morgan fingerprint density at radius 2 is 1.70 bits per heavy atom. The van der Waals surface area contributed by atoms with E-state index >= 15 is 0 Å². The van der Waals surface area contributed by atoms with Crippen LogP contribution in [0.4, 0.5) is 0 Å². The van der Waals surface area contributed by atoms with Gasteiger partial charge >= 0.3 is 5.97 Å². The molecule has 0 aliphatic carbocycles. The Labute approximate surface area is 176 Å². The van der Waals surface area contributed by atoms with E-state index in [4.69, 9.17) is 5.11 Å². The van der Waals surface area contributed by atoms with Gasteiger partial charge in [-0.05, 0) is 35.2 Å². The van der Waals surface area contributed by atoms with E-state index in [1.165, 1.54) is 6.07 Å². The number of aromatic carboxylic acids is 1. The second-order valence-electron chi connectivity index (χ2n) is 6.90. The molecule has 0 bridgehead atoms. The molecule has 0 aliphatic rings. The number of aromatic nitrogens is 1.